The number of benzene rings is 1. The van der Waals surface area contributed by atoms with Gasteiger partial charge in [-0.05, 0) is 26.1 Å². The van der Waals surface area contributed by atoms with Crippen molar-refractivity contribution in [2.45, 2.75) is 6.92 Å². The van der Waals surface area contributed by atoms with E-state index in [1.54, 1.807) is 0 Å². The van der Waals surface area contributed by atoms with E-state index in [0.29, 0.717) is 12.1 Å². The highest BCUT2D eigenvalue weighted by atomic mass is 16.1. The highest BCUT2D eigenvalue weighted by molar-refractivity contribution is 5.94. The monoisotopic (exact) mass is 377 g/mol. The number of rotatable bonds is 5. The Morgan fingerprint density at radius 2 is 1.79 bits per heavy atom. The third-order valence-electron chi connectivity index (χ3n) is 5.37. The molecule has 1 aromatic carbocycles. The van der Waals surface area contributed by atoms with E-state index in [0.717, 1.165) is 49.6 Å². The number of aromatic nitrogens is 2. The maximum Gasteiger partial charge on any atom is 0.252 e. The fraction of sp³-hybridized carbons (Fsp3) is 0.364. The molecule has 1 fully saturated rings. The van der Waals surface area contributed by atoms with Crippen molar-refractivity contribution in [2.24, 2.45) is 0 Å². The zero-order valence-electron chi connectivity index (χ0n) is 16.6. The number of carbonyl (C=O) groups excluding carboxylic acids is 1. The summed E-state index contributed by atoms with van der Waals surface area (Å²) in [4.78, 5) is 21.9. The zero-order chi connectivity index (χ0) is 19.5. The van der Waals surface area contributed by atoms with Gasteiger partial charge in [0.15, 0.2) is 0 Å². The summed E-state index contributed by atoms with van der Waals surface area (Å²) in [6.45, 7) is 7.94. The number of piperazine rings is 1. The molecule has 6 nitrogen and oxygen atoms in total. The summed E-state index contributed by atoms with van der Waals surface area (Å²) >= 11 is 0. The maximum absolute atomic E-state index is 12.5. The molecule has 1 aliphatic heterocycles. The van der Waals surface area contributed by atoms with E-state index in [2.05, 4.69) is 58.3 Å². The molecule has 0 atom stereocenters. The number of hydrogen-bond acceptors (Lipinski definition) is 4. The van der Waals surface area contributed by atoms with Crippen molar-refractivity contribution < 1.29 is 4.79 Å². The first kappa shape index (κ1) is 18.7. The van der Waals surface area contributed by atoms with Crippen LogP contribution in [0, 0.1) is 6.92 Å². The number of pyridine rings is 1. The summed E-state index contributed by atoms with van der Waals surface area (Å²) in [5.74, 6) is -0.0402. The number of amides is 1. The van der Waals surface area contributed by atoms with Crippen molar-refractivity contribution in [3.05, 3.63) is 59.9 Å². The topological polar surface area (TPSA) is 52.9 Å². The molecule has 3 heterocycles. The van der Waals surface area contributed by atoms with E-state index in [4.69, 9.17) is 0 Å². The minimum atomic E-state index is -0.0402. The summed E-state index contributed by atoms with van der Waals surface area (Å²) in [5.41, 5.74) is 4.70. The van der Waals surface area contributed by atoms with Gasteiger partial charge in [-0.25, -0.2) is 4.98 Å². The molecule has 1 saturated heterocycles. The van der Waals surface area contributed by atoms with Gasteiger partial charge in [-0.15, -0.1) is 0 Å². The van der Waals surface area contributed by atoms with Crippen LogP contribution >= 0.6 is 0 Å². The van der Waals surface area contributed by atoms with Gasteiger partial charge in [-0.2, -0.15) is 0 Å². The van der Waals surface area contributed by atoms with Gasteiger partial charge in [-0.3, -0.25) is 9.69 Å². The van der Waals surface area contributed by atoms with Gasteiger partial charge in [0.2, 0.25) is 0 Å². The van der Waals surface area contributed by atoms with E-state index < -0.39 is 0 Å². The van der Waals surface area contributed by atoms with Crippen LogP contribution in [0.15, 0.2) is 48.8 Å². The minimum Gasteiger partial charge on any atom is -0.351 e. The molecular formula is C22H27N5O. The third-order valence-corrected chi connectivity index (χ3v) is 5.37. The van der Waals surface area contributed by atoms with E-state index in [-0.39, 0.29) is 5.91 Å². The van der Waals surface area contributed by atoms with Crippen molar-refractivity contribution in [3.63, 3.8) is 0 Å². The fourth-order valence-electron chi connectivity index (χ4n) is 3.49. The summed E-state index contributed by atoms with van der Waals surface area (Å²) in [6, 6.07) is 12.0. The number of hydrogen-bond donors (Lipinski definition) is 1. The average molecular weight is 377 g/mol. The molecule has 6 heteroatoms. The third kappa shape index (κ3) is 4.24. The largest absolute Gasteiger partial charge is 0.351 e. The first-order valence-electron chi connectivity index (χ1n) is 9.83. The Labute approximate surface area is 165 Å². The van der Waals surface area contributed by atoms with Crippen LogP contribution in [-0.2, 0) is 0 Å². The molecule has 0 radical (unpaired) electrons. The van der Waals surface area contributed by atoms with Crippen molar-refractivity contribution in [2.75, 3.05) is 46.3 Å². The number of fused-ring (bicyclic) bond motifs is 1. The molecule has 146 valence electrons. The number of carbonyl (C=O) groups is 1. The zero-order valence-corrected chi connectivity index (χ0v) is 16.6. The standard InChI is InChI=1S/C22H27N5O/c1-17-3-5-18(6-4-17)20-16-27-15-19(7-8-21(27)24-20)22(28)23-9-10-26-13-11-25(2)12-14-26/h3-8,15-16H,9-14H2,1-2H3,(H,23,28). The predicted molar refractivity (Wildman–Crippen MR) is 112 cm³/mol. The number of nitrogens with zero attached hydrogens (tertiary/aromatic N) is 4. The van der Waals surface area contributed by atoms with Gasteiger partial charge >= 0.3 is 0 Å². The second-order valence-corrected chi connectivity index (χ2v) is 7.58. The number of likely N-dealkylation sites (N-methyl/N-ethyl adjacent to an activating group) is 1. The highest BCUT2D eigenvalue weighted by Crippen LogP contribution is 2.20. The van der Waals surface area contributed by atoms with E-state index in [1.807, 2.05) is 28.9 Å². The molecule has 1 amide bonds. The summed E-state index contributed by atoms with van der Waals surface area (Å²) in [5, 5.41) is 3.04. The molecule has 2 aromatic heterocycles. The molecule has 4 rings (SSSR count). The van der Waals surface area contributed by atoms with Gasteiger partial charge in [0, 0.05) is 57.2 Å². The molecule has 3 aromatic rings. The van der Waals surface area contributed by atoms with Gasteiger partial charge in [0.05, 0.1) is 11.3 Å². The van der Waals surface area contributed by atoms with Crippen LogP contribution in [0.4, 0.5) is 0 Å². The predicted octanol–water partition coefficient (Wildman–Crippen LogP) is 2.29. The average Bonchev–Trinajstić information content (AvgIpc) is 3.13. The van der Waals surface area contributed by atoms with Gasteiger partial charge in [-0.1, -0.05) is 29.8 Å². The quantitative estimate of drug-likeness (QED) is 0.741. The Kier molecular flexibility index (Phi) is 5.41. The Balaban J connectivity index is 1.39. The summed E-state index contributed by atoms with van der Waals surface area (Å²) in [6.07, 6.45) is 3.83. The smallest absolute Gasteiger partial charge is 0.252 e. The van der Waals surface area contributed by atoms with Crippen molar-refractivity contribution in [1.82, 2.24) is 24.5 Å². The molecule has 28 heavy (non-hydrogen) atoms. The minimum absolute atomic E-state index is 0.0402. The molecule has 1 aliphatic rings. The van der Waals surface area contributed by atoms with Crippen molar-refractivity contribution >= 4 is 11.6 Å². The fourth-order valence-corrected chi connectivity index (χ4v) is 3.49. The van der Waals surface area contributed by atoms with Gasteiger partial charge in [0.1, 0.15) is 5.65 Å². The Bertz CT molecular complexity index is 955. The first-order chi connectivity index (χ1) is 13.6. The van der Waals surface area contributed by atoms with Crippen LogP contribution in [0.5, 0.6) is 0 Å². The lowest BCUT2D eigenvalue weighted by Crippen LogP contribution is -2.46. The SMILES string of the molecule is Cc1ccc(-c2cn3cc(C(=O)NCCN4CCN(C)CC4)ccc3n2)cc1. The summed E-state index contributed by atoms with van der Waals surface area (Å²) in [7, 11) is 2.15. The van der Waals surface area contributed by atoms with E-state index >= 15 is 0 Å². The van der Waals surface area contributed by atoms with Crippen LogP contribution in [0.3, 0.4) is 0 Å². The van der Waals surface area contributed by atoms with E-state index in [9.17, 15) is 4.79 Å². The van der Waals surface area contributed by atoms with Gasteiger partial charge in [0.25, 0.3) is 5.91 Å². The Morgan fingerprint density at radius 3 is 2.54 bits per heavy atom. The highest BCUT2D eigenvalue weighted by Gasteiger charge is 2.14. The molecule has 0 saturated carbocycles. The van der Waals surface area contributed by atoms with Crippen LogP contribution in [0.1, 0.15) is 15.9 Å². The van der Waals surface area contributed by atoms with E-state index in [1.165, 1.54) is 5.56 Å². The molecule has 1 N–H and O–H groups in total. The molecule has 0 bridgehead atoms. The molecule has 0 unspecified atom stereocenters. The number of nitrogens with one attached hydrogen (secondary N) is 1. The summed E-state index contributed by atoms with van der Waals surface area (Å²) < 4.78 is 1.92. The molecular weight excluding hydrogens is 350 g/mol. The molecule has 0 aliphatic carbocycles. The van der Waals surface area contributed by atoms with Crippen LogP contribution in [0.2, 0.25) is 0 Å². The molecule has 0 spiro atoms. The van der Waals surface area contributed by atoms with Crippen LogP contribution in [-0.4, -0.2) is 71.4 Å². The second-order valence-electron chi connectivity index (χ2n) is 7.58. The Hall–Kier alpha value is -2.70. The van der Waals surface area contributed by atoms with Gasteiger partial charge < -0.3 is 14.6 Å². The lowest BCUT2D eigenvalue weighted by Gasteiger charge is -2.32. The number of imidazole rings is 1. The lowest BCUT2D eigenvalue weighted by molar-refractivity contribution is 0.0940. The normalized spacial score (nSPS) is 15.8. The maximum atomic E-state index is 12.5. The lowest BCUT2D eigenvalue weighted by atomic mass is 10.1. The van der Waals surface area contributed by atoms with Crippen molar-refractivity contribution in [1.29, 1.82) is 0 Å². The first-order valence-corrected chi connectivity index (χ1v) is 9.83. The second kappa shape index (κ2) is 8.12. The Morgan fingerprint density at radius 1 is 1.04 bits per heavy atom. The van der Waals surface area contributed by atoms with Crippen molar-refractivity contribution in [3.8, 4) is 11.3 Å². The van der Waals surface area contributed by atoms with Crippen LogP contribution in [0.25, 0.3) is 16.9 Å². The van der Waals surface area contributed by atoms with Crippen LogP contribution < -0.4 is 5.32 Å². The number of aryl methyl sites for hydroxylation is 1.